The van der Waals surface area contributed by atoms with E-state index in [1.54, 1.807) is 30.3 Å². The Morgan fingerprint density at radius 2 is 1.82 bits per heavy atom. The van der Waals surface area contributed by atoms with Crippen LogP contribution in [0.4, 0.5) is 13.2 Å². The number of H-pyrrole nitrogens is 1. The summed E-state index contributed by atoms with van der Waals surface area (Å²) in [5.74, 6) is -1.91. The Morgan fingerprint density at radius 3 is 2.48 bits per heavy atom. The molecule has 1 saturated heterocycles. The average Bonchev–Trinajstić information content (AvgIpc) is 3.19. The normalized spacial score (nSPS) is 23.9. The summed E-state index contributed by atoms with van der Waals surface area (Å²) < 4.78 is 76.8. The summed E-state index contributed by atoms with van der Waals surface area (Å²) in [4.78, 5) is 38.2. The largest absolute Gasteiger partial charge is 0.460 e. The molecule has 0 aliphatic carbocycles. The van der Waals surface area contributed by atoms with Gasteiger partial charge in [0.1, 0.15) is 37.2 Å². The van der Waals surface area contributed by atoms with Crippen molar-refractivity contribution in [3.8, 4) is 5.75 Å². The Hall–Kier alpha value is -3.83. The van der Waals surface area contributed by atoms with Crippen molar-refractivity contribution in [2.75, 3.05) is 6.61 Å². The first kappa shape index (κ1) is 33.1. The SMILES string of the molecule is C[C@H](NP(=O)(OC[C@@]1(N)O[C@@H](n2ccc(=O)[nH]c2=O)[C@H](O)[C@@H]1O)Oc1ccccc1C(F)(F)F)C(=O)OCc1ccccc1. The van der Waals surface area contributed by atoms with Gasteiger partial charge < -0.3 is 24.2 Å². The Labute approximate surface area is 246 Å². The van der Waals surface area contributed by atoms with E-state index in [9.17, 15) is 42.3 Å². The molecule has 6 atom stereocenters. The van der Waals surface area contributed by atoms with Gasteiger partial charge >= 0.3 is 25.6 Å². The number of nitrogens with one attached hydrogen (secondary N) is 2. The van der Waals surface area contributed by atoms with Gasteiger partial charge in [0.15, 0.2) is 12.0 Å². The van der Waals surface area contributed by atoms with Crippen molar-refractivity contribution in [2.24, 2.45) is 5.73 Å². The molecule has 4 rings (SSSR count). The lowest BCUT2D eigenvalue weighted by atomic mass is 10.1. The van der Waals surface area contributed by atoms with E-state index in [0.29, 0.717) is 16.2 Å². The lowest BCUT2D eigenvalue weighted by Crippen LogP contribution is -2.54. The van der Waals surface area contributed by atoms with E-state index in [0.717, 1.165) is 24.4 Å². The van der Waals surface area contributed by atoms with E-state index in [2.05, 4.69) is 5.09 Å². The molecule has 3 aromatic rings. The van der Waals surface area contributed by atoms with Crippen molar-refractivity contribution >= 4 is 13.7 Å². The second-order valence-corrected chi connectivity index (χ2v) is 11.4. The average molecular weight is 644 g/mol. The molecule has 238 valence electrons. The number of carbonyl (C=O) groups excluding carboxylic acids is 1. The third kappa shape index (κ3) is 7.62. The van der Waals surface area contributed by atoms with Gasteiger partial charge in [-0.25, -0.2) is 9.36 Å². The summed E-state index contributed by atoms with van der Waals surface area (Å²) >= 11 is 0. The van der Waals surface area contributed by atoms with E-state index in [1.165, 1.54) is 13.0 Å². The number of carbonyl (C=O) groups is 1. The van der Waals surface area contributed by atoms with Crippen LogP contribution in [0.3, 0.4) is 0 Å². The van der Waals surface area contributed by atoms with Crippen LogP contribution in [0.2, 0.25) is 0 Å². The second-order valence-electron chi connectivity index (χ2n) is 9.72. The van der Waals surface area contributed by atoms with E-state index < -0.39 is 79.3 Å². The van der Waals surface area contributed by atoms with E-state index >= 15 is 0 Å². The number of aromatic amines is 1. The third-order valence-electron chi connectivity index (χ3n) is 6.38. The van der Waals surface area contributed by atoms with Gasteiger partial charge in [0, 0.05) is 12.3 Å². The highest BCUT2D eigenvalue weighted by atomic mass is 31.2. The van der Waals surface area contributed by atoms with Crippen LogP contribution in [-0.4, -0.2) is 56.3 Å². The number of esters is 1. The number of rotatable bonds is 11. The first-order chi connectivity index (χ1) is 20.6. The minimum absolute atomic E-state index is 0.177. The molecule has 0 radical (unpaired) electrons. The number of alkyl halides is 3. The zero-order valence-electron chi connectivity index (χ0n) is 22.8. The molecule has 14 nitrogen and oxygen atoms in total. The van der Waals surface area contributed by atoms with E-state index in [4.69, 9.17) is 24.3 Å². The van der Waals surface area contributed by atoms with Crippen molar-refractivity contribution in [1.82, 2.24) is 14.6 Å². The minimum Gasteiger partial charge on any atom is -0.460 e. The Balaban J connectivity index is 1.57. The zero-order chi connectivity index (χ0) is 32.3. The lowest BCUT2D eigenvalue weighted by Gasteiger charge is -2.30. The summed E-state index contributed by atoms with van der Waals surface area (Å²) in [5.41, 5.74) is 1.16. The number of halogens is 3. The van der Waals surface area contributed by atoms with E-state index in [-0.39, 0.29) is 6.61 Å². The highest BCUT2D eigenvalue weighted by molar-refractivity contribution is 7.52. The topological polar surface area (TPSA) is 204 Å². The highest BCUT2D eigenvalue weighted by Gasteiger charge is 2.54. The number of aliphatic hydroxyl groups excluding tert-OH is 2. The fourth-order valence-corrected chi connectivity index (χ4v) is 5.66. The molecule has 2 heterocycles. The number of para-hydroxylation sites is 1. The maximum absolute atomic E-state index is 13.9. The van der Waals surface area contributed by atoms with Crippen LogP contribution in [0.5, 0.6) is 5.75 Å². The summed E-state index contributed by atoms with van der Waals surface area (Å²) in [7, 11) is -5.01. The molecule has 1 aromatic heterocycles. The number of aromatic nitrogens is 2. The van der Waals surface area contributed by atoms with Gasteiger partial charge in [-0.05, 0) is 24.6 Å². The van der Waals surface area contributed by atoms with Crippen molar-refractivity contribution in [3.05, 3.63) is 98.8 Å². The molecular formula is C26H28F3N4O10P. The number of nitrogens with zero attached hydrogens (tertiary/aromatic N) is 1. The molecule has 1 aliphatic rings. The van der Waals surface area contributed by atoms with Crippen LogP contribution in [-0.2, 0) is 36.1 Å². The van der Waals surface area contributed by atoms with Gasteiger partial charge in [-0.3, -0.25) is 29.4 Å². The highest BCUT2D eigenvalue weighted by Crippen LogP contribution is 2.49. The van der Waals surface area contributed by atoms with Crippen LogP contribution >= 0.6 is 7.75 Å². The third-order valence-corrected chi connectivity index (χ3v) is 7.99. The van der Waals surface area contributed by atoms with Crippen LogP contribution in [0.1, 0.15) is 24.3 Å². The molecule has 6 N–H and O–H groups in total. The molecule has 1 fully saturated rings. The lowest BCUT2D eigenvalue weighted by molar-refractivity contribution is -0.147. The molecule has 0 saturated carbocycles. The molecule has 44 heavy (non-hydrogen) atoms. The number of nitrogens with two attached hydrogens (primary N) is 1. The Bertz CT molecular complexity index is 1640. The van der Waals surface area contributed by atoms with Crippen LogP contribution in [0.15, 0.2) is 76.4 Å². The number of aliphatic hydroxyl groups is 2. The molecule has 0 spiro atoms. The van der Waals surface area contributed by atoms with Crippen LogP contribution in [0.25, 0.3) is 0 Å². The summed E-state index contributed by atoms with van der Waals surface area (Å²) in [6.07, 6.45) is -9.56. The fourth-order valence-electron chi connectivity index (χ4n) is 4.11. The molecule has 0 bridgehead atoms. The predicted molar refractivity (Wildman–Crippen MR) is 145 cm³/mol. The molecule has 2 aromatic carbocycles. The van der Waals surface area contributed by atoms with Crippen LogP contribution in [0, 0.1) is 0 Å². The summed E-state index contributed by atoms with van der Waals surface area (Å²) in [6, 6.07) is 11.7. The molecule has 1 aliphatic heterocycles. The van der Waals surface area contributed by atoms with Crippen molar-refractivity contribution in [2.45, 2.75) is 49.9 Å². The van der Waals surface area contributed by atoms with Gasteiger partial charge in [0.2, 0.25) is 0 Å². The van der Waals surface area contributed by atoms with Crippen molar-refractivity contribution < 1.29 is 51.3 Å². The number of hydrogen-bond acceptors (Lipinski definition) is 11. The van der Waals surface area contributed by atoms with Gasteiger partial charge in [0.05, 0.1) is 5.56 Å². The van der Waals surface area contributed by atoms with Gasteiger partial charge in [-0.2, -0.15) is 18.3 Å². The van der Waals surface area contributed by atoms with Gasteiger partial charge in [-0.1, -0.05) is 42.5 Å². The monoisotopic (exact) mass is 644 g/mol. The predicted octanol–water partition coefficient (Wildman–Crippen LogP) is 1.39. The number of hydrogen-bond donors (Lipinski definition) is 5. The molecule has 1 unspecified atom stereocenters. The summed E-state index contributed by atoms with van der Waals surface area (Å²) in [6.45, 7) is -0.0993. The fraction of sp³-hybridized carbons (Fsp3) is 0.346. The number of ether oxygens (including phenoxy) is 2. The maximum Gasteiger partial charge on any atom is 0.459 e. The molecule has 18 heteroatoms. The van der Waals surface area contributed by atoms with Crippen LogP contribution < -0.4 is 26.6 Å². The quantitative estimate of drug-likeness (QED) is 0.148. The second kappa shape index (κ2) is 13.0. The van der Waals surface area contributed by atoms with Crippen molar-refractivity contribution in [1.29, 1.82) is 0 Å². The summed E-state index contributed by atoms with van der Waals surface area (Å²) in [5, 5.41) is 23.4. The van der Waals surface area contributed by atoms with Gasteiger partial charge in [0.25, 0.3) is 5.56 Å². The molecular weight excluding hydrogens is 616 g/mol. The Morgan fingerprint density at radius 1 is 1.16 bits per heavy atom. The van der Waals surface area contributed by atoms with E-state index in [1.807, 2.05) is 4.98 Å². The maximum atomic E-state index is 13.9. The first-order valence-electron chi connectivity index (χ1n) is 12.8. The first-order valence-corrected chi connectivity index (χ1v) is 14.4. The zero-order valence-corrected chi connectivity index (χ0v) is 23.7. The minimum atomic E-state index is -5.01. The smallest absolute Gasteiger partial charge is 0.459 e. The van der Waals surface area contributed by atoms with Gasteiger partial charge in [-0.15, -0.1) is 0 Å². The standard InChI is InChI=1S/C26H28F3N4O10P/c1-15(23(37)40-13-16-7-3-2-4-8-16)32-44(39,43-18-10-6-5-9-17(18)26(27,28)29)41-14-25(30)21(36)20(35)22(42-25)33-12-11-19(34)31-24(33)38/h2-12,15,20-22,35-36H,13-14,30H2,1H3,(H,32,39)(H,31,34,38)/t15-,20+,21-,22+,25+,44?/m0/s1. The van der Waals surface area contributed by atoms with Crippen molar-refractivity contribution in [3.63, 3.8) is 0 Å². The molecule has 0 amide bonds. The number of benzene rings is 2. The Kier molecular flexibility index (Phi) is 9.80.